The third kappa shape index (κ3) is 6.45. The lowest BCUT2D eigenvalue weighted by Crippen LogP contribution is -2.43. The molecule has 0 unspecified atom stereocenters. The Kier molecular flexibility index (Phi) is 8.35. The number of benzene rings is 2. The van der Waals surface area contributed by atoms with E-state index in [1.165, 1.54) is 6.07 Å². The second-order valence-electron chi connectivity index (χ2n) is 9.69. The van der Waals surface area contributed by atoms with Gasteiger partial charge in [-0.15, -0.1) is 0 Å². The molecule has 0 bridgehead atoms. The van der Waals surface area contributed by atoms with Gasteiger partial charge in [0, 0.05) is 37.7 Å². The Morgan fingerprint density at radius 1 is 1.06 bits per heavy atom. The molecule has 0 spiro atoms. The highest BCUT2D eigenvalue weighted by atomic mass is 35.5. The van der Waals surface area contributed by atoms with E-state index < -0.39 is 17.7 Å². The molecule has 2 saturated heterocycles. The van der Waals surface area contributed by atoms with Crippen molar-refractivity contribution in [1.82, 2.24) is 4.90 Å². The van der Waals surface area contributed by atoms with Crippen molar-refractivity contribution < 1.29 is 27.8 Å². The topological polar surface area (TPSA) is 53.0 Å². The van der Waals surface area contributed by atoms with Crippen molar-refractivity contribution in [1.29, 1.82) is 0 Å². The van der Waals surface area contributed by atoms with Crippen LogP contribution in [0.3, 0.4) is 0 Å². The first kappa shape index (κ1) is 26.6. The number of hydrogen-bond acceptors (Lipinski definition) is 4. The quantitative estimate of drug-likeness (QED) is 0.455. The lowest BCUT2D eigenvalue weighted by atomic mass is 9.94. The number of rotatable bonds is 7. The third-order valence-corrected chi connectivity index (χ3v) is 7.63. The minimum Gasteiger partial charge on any atom is -0.490 e. The van der Waals surface area contributed by atoms with Crippen molar-refractivity contribution in [2.45, 2.75) is 51.3 Å². The third-order valence-electron chi connectivity index (χ3n) is 7.26. The van der Waals surface area contributed by atoms with E-state index in [2.05, 4.69) is 11.8 Å². The van der Waals surface area contributed by atoms with E-state index >= 15 is 0 Å². The van der Waals surface area contributed by atoms with E-state index in [1.54, 1.807) is 0 Å². The number of carbonyl (C=O) groups is 1. The van der Waals surface area contributed by atoms with Crippen LogP contribution in [0.2, 0.25) is 5.02 Å². The fraction of sp³-hybridized carbons (Fsp3) is 0.519. The van der Waals surface area contributed by atoms with Gasteiger partial charge in [0.1, 0.15) is 11.9 Å². The molecular weight excluding hydrogens is 493 g/mol. The Hall–Kier alpha value is -2.45. The van der Waals surface area contributed by atoms with Crippen LogP contribution in [0.1, 0.15) is 54.1 Å². The zero-order chi connectivity index (χ0) is 25.9. The number of carboxylic acids is 1. The predicted octanol–water partition coefficient (Wildman–Crippen LogP) is 6.38. The fourth-order valence-corrected chi connectivity index (χ4v) is 5.43. The standard InChI is InChI=1S/C27H32ClF3N2O3/c1-2-19-15-22(4-5-24(19)28)36-21-9-11-32(12-10-21)17-18-7-13-33(14-8-18)25-6-3-20(27(29,30)31)16-23(25)26(34)35/h3-6,15-16,18,21H,2,7-14,17H2,1H3,(H,34,35). The summed E-state index contributed by atoms with van der Waals surface area (Å²) < 4.78 is 45.3. The van der Waals surface area contributed by atoms with Gasteiger partial charge in [-0.1, -0.05) is 18.5 Å². The number of ether oxygens (including phenoxy) is 1. The molecule has 196 valence electrons. The molecule has 5 nitrogen and oxygen atoms in total. The molecule has 0 amide bonds. The van der Waals surface area contributed by atoms with Gasteiger partial charge in [-0.25, -0.2) is 4.79 Å². The summed E-state index contributed by atoms with van der Waals surface area (Å²) in [6.07, 6.45) is 0.142. The normalized spacial score (nSPS) is 18.4. The van der Waals surface area contributed by atoms with Crippen LogP contribution in [-0.2, 0) is 12.6 Å². The molecule has 36 heavy (non-hydrogen) atoms. The summed E-state index contributed by atoms with van der Waals surface area (Å²) in [6.45, 7) is 6.23. The molecule has 0 atom stereocenters. The first-order valence-corrected chi connectivity index (χ1v) is 12.9. The number of anilines is 1. The summed E-state index contributed by atoms with van der Waals surface area (Å²) in [6, 6.07) is 8.84. The molecular formula is C27H32ClF3N2O3. The molecule has 2 heterocycles. The molecule has 2 aliphatic heterocycles. The number of hydrogen-bond donors (Lipinski definition) is 1. The van der Waals surface area contributed by atoms with Crippen LogP contribution < -0.4 is 9.64 Å². The van der Waals surface area contributed by atoms with Crippen molar-refractivity contribution in [2.24, 2.45) is 5.92 Å². The van der Waals surface area contributed by atoms with E-state index in [1.807, 2.05) is 23.1 Å². The molecule has 0 aromatic heterocycles. The highest BCUT2D eigenvalue weighted by Crippen LogP contribution is 2.34. The van der Waals surface area contributed by atoms with Crippen LogP contribution in [0, 0.1) is 5.92 Å². The number of likely N-dealkylation sites (tertiary alicyclic amines) is 1. The summed E-state index contributed by atoms with van der Waals surface area (Å²) in [5.74, 6) is 0.00345. The van der Waals surface area contributed by atoms with Crippen LogP contribution >= 0.6 is 11.6 Å². The van der Waals surface area contributed by atoms with E-state index in [0.29, 0.717) is 24.7 Å². The molecule has 2 fully saturated rings. The van der Waals surface area contributed by atoms with Crippen LogP contribution in [0.4, 0.5) is 18.9 Å². The van der Waals surface area contributed by atoms with Gasteiger partial charge >= 0.3 is 12.1 Å². The van der Waals surface area contributed by atoms with Gasteiger partial charge in [-0.05, 0) is 80.0 Å². The molecule has 2 aromatic rings. The molecule has 2 aromatic carbocycles. The molecule has 0 saturated carbocycles. The van der Waals surface area contributed by atoms with Gasteiger partial charge < -0.3 is 19.6 Å². The Morgan fingerprint density at radius 2 is 1.75 bits per heavy atom. The van der Waals surface area contributed by atoms with Gasteiger partial charge in [0.05, 0.1) is 16.8 Å². The Balaban J connectivity index is 1.26. The van der Waals surface area contributed by atoms with Crippen molar-refractivity contribution in [3.63, 3.8) is 0 Å². The van der Waals surface area contributed by atoms with Crippen LogP contribution in [0.25, 0.3) is 0 Å². The smallest absolute Gasteiger partial charge is 0.416 e. The Labute approximate surface area is 214 Å². The second kappa shape index (κ2) is 11.3. The zero-order valence-electron chi connectivity index (χ0n) is 20.4. The number of piperidine rings is 2. The van der Waals surface area contributed by atoms with Crippen molar-refractivity contribution in [3.05, 3.63) is 58.1 Å². The maximum atomic E-state index is 13.0. The van der Waals surface area contributed by atoms with Gasteiger partial charge in [0.25, 0.3) is 0 Å². The zero-order valence-corrected chi connectivity index (χ0v) is 21.1. The average Bonchev–Trinajstić information content (AvgIpc) is 2.86. The Morgan fingerprint density at radius 3 is 2.36 bits per heavy atom. The summed E-state index contributed by atoms with van der Waals surface area (Å²) in [4.78, 5) is 16.0. The minimum absolute atomic E-state index is 0.183. The maximum Gasteiger partial charge on any atom is 0.416 e. The fourth-order valence-electron chi connectivity index (χ4n) is 5.18. The van der Waals surface area contributed by atoms with Gasteiger partial charge in [-0.2, -0.15) is 13.2 Å². The molecule has 0 radical (unpaired) electrons. The van der Waals surface area contributed by atoms with E-state index in [-0.39, 0.29) is 11.7 Å². The first-order chi connectivity index (χ1) is 17.1. The largest absolute Gasteiger partial charge is 0.490 e. The first-order valence-electron chi connectivity index (χ1n) is 12.5. The lowest BCUT2D eigenvalue weighted by molar-refractivity contribution is -0.137. The molecule has 4 rings (SSSR count). The van der Waals surface area contributed by atoms with Crippen molar-refractivity contribution in [3.8, 4) is 5.75 Å². The second-order valence-corrected chi connectivity index (χ2v) is 10.1. The SMILES string of the molecule is CCc1cc(OC2CCN(CC3CCN(c4ccc(C(F)(F)F)cc4C(=O)O)CC3)CC2)ccc1Cl. The summed E-state index contributed by atoms with van der Waals surface area (Å²) in [7, 11) is 0. The predicted molar refractivity (Wildman–Crippen MR) is 134 cm³/mol. The number of alkyl halides is 3. The molecule has 9 heteroatoms. The number of aryl methyl sites for hydroxylation is 1. The van der Waals surface area contributed by atoms with E-state index in [9.17, 15) is 23.1 Å². The van der Waals surface area contributed by atoms with Crippen molar-refractivity contribution >= 4 is 23.3 Å². The monoisotopic (exact) mass is 524 g/mol. The van der Waals surface area contributed by atoms with Crippen LogP contribution in [-0.4, -0.2) is 54.8 Å². The van der Waals surface area contributed by atoms with Gasteiger partial charge in [0.2, 0.25) is 0 Å². The van der Waals surface area contributed by atoms with E-state index in [0.717, 1.165) is 80.2 Å². The average molecular weight is 525 g/mol. The van der Waals surface area contributed by atoms with E-state index in [4.69, 9.17) is 16.3 Å². The molecule has 0 aliphatic carbocycles. The number of halogens is 4. The summed E-state index contributed by atoms with van der Waals surface area (Å²) in [5, 5.41) is 10.3. The van der Waals surface area contributed by atoms with Crippen LogP contribution in [0.15, 0.2) is 36.4 Å². The number of carboxylic acid groups (broad SMARTS) is 1. The van der Waals surface area contributed by atoms with Crippen molar-refractivity contribution in [2.75, 3.05) is 37.6 Å². The van der Waals surface area contributed by atoms with Gasteiger partial charge in [0.15, 0.2) is 0 Å². The minimum atomic E-state index is -4.57. The number of aromatic carboxylic acids is 1. The summed E-state index contributed by atoms with van der Waals surface area (Å²) in [5.41, 5.74) is 0.218. The Bertz CT molecular complexity index is 1060. The van der Waals surface area contributed by atoms with Crippen LogP contribution in [0.5, 0.6) is 5.75 Å². The highest BCUT2D eigenvalue weighted by Gasteiger charge is 2.33. The van der Waals surface area contributed by atoms with Gasteiger partial charge in [-0.3, -0.25) is 0 Å². The molecule has 2 aliphatic rings. The lowest BCUT2D eigenvalue weighted by Gasteiger charge is -2.38. The maximum absolute atomic E-state index is 13.0. The number of nitrogens with zero attached hydrogens (tertiary/aromatic N) is 2. The highest BCUT2D eigenvalue weighted by molar-refractivity contribution is 6.31. The molecule has 1 N–H and O–H groups in total. The summed E-state index contributed by atoms with van der Waals surface area (Å²) >= 11 is 6.21.